The third-order valence-electron chi connectivity index (χ3n) is 2.10. The molecule has 19 heavy (non-hydrogen) atoms. The lowest BCUT2D eigenvalue weighted by Gasteiger charge is -2.07. The van der Waals surface area contributed by atoms with Crippen LogP contribution < -0.4 is 10.5 Å². The maximum absolute atomic E-state index is 10.9. The molecule has 0 radical (unpaired) electrons. The normalized spacial score (nSPS) is 10.2. The Kier molecular flexibility index (Phi) is 3.96. The maximum Gasteiger partial charge on any atom is 0.372 e. The highest BCUT2D eigenvalue weighted by Gasteiger charge is 2.23. The minimum Gasteiger partial charge on any atom is -0.432 e. The fourth-order valence-electron chi connectivity index (χ4n) is 1.28. The molecule has 0 atom stereocenters. The molecule has 1 heterocycles. The largest absolute Gasteiger partial charge is 0.432 e. The molecule has 2 N–H and O–H groups in total. The zero-order valence-corrected chi connectivity index (χ0v) is 12.4. The molecule has 7 nitrogen and oxygen atoms in total. The zero-order valence-electron chi connectivity index (χ0n) is 9.21. The van der Waals surface area contributed by atoms with E-state index in [9.17, 15) is 10.1 Å². The summed E-state index contributed by atoms with van der Waals surface area (Å²) in [6.45, 7) is 0. The van der Waals surface area contributed by atoms with E-state index in [0.29, 0.717) is 10.2 Å². The summed E-state index contributed by atoms with van der Waals surface area (Å²) in [6.07, 6.45) is 1.10. The first kappa shape index (κ1) is 13.7. The lowest BCUT2D eigenvalue weighted by atomic mass is 10.3. The summed E-state index contributed by atoms with van der Waals surface area (Å²) >= 11 is 6.58. The maximum atomic E-state index is 10.9. The number of hydrogen-bond acceptors (Lipinski definition) is 6. The van der Waals surface area contributed by atoms with Gasteiger partial charge in [-0.25, -0.2) is 4.98 Å². The van der Waals surface area contributed by atoms with Gasteiger partial charge in [-0.3, -0.25) is 10.1 Å². The Hall–Kier alpha value is -1.74. The number of nitrogen functional groups attached to an aromatic ring is 1. The van der Waals surface area contributed by atoms with E-state index in [4.69, 9.17) is 10.5 Å². The summed E-state index contributed by atoms with van der Waals surface area (Å²) in [7, 11) is 0. The molecule has 98 valence electrons. The molecule has 9 heteroatoms. The van der Waals surface area contributed by atoms with Gasteiger partial charge in [0.15, 0.2) is 0 Å². The van der Waals surface area contributed by atoms with E-state index < -0.39 is 10.6 Å². The van der Waals surface area contributed by atoms with Gasteiger partial charge in [0.2, 0.25) is 5.82 Å². The Morgan fingerprint density at radius 3 is 2.68 bits per heavy atom. The third kappa shape index (κ3) is 2.99. The van der Waals surface area contributed by atoms with Crippen LogP contribution >= 0.6 is 31.9 Å². The summed E-state index contributed by atoms with van der Waals surface area (Å²) in [5.41, 5.74) is 4.99. The SMILES string of the molecule is Nc1ncnc(Oc2ccc(Br)cc2Br)c1[N+](=O)[O-]. The highest BCUT2D eigenvalue weighted by Crippen LogP contribution is 2.36. The molecule has 2 aromatic rings. The van der Waals surface area contributed by atoms with Crippen LogP contribution in [0.1, 0.15) is 0 Å². The molecule has 0 aliphatic carbocycles. The van der Waals surface area contributed by atoms with Crippen LogP contribution in [0, 0.1) is 10.1 Å². The molecule has 0 amide bonds. The molecule has 0 unspecified atom stereocenters. The number of nitrogens with two attached hydrogens (primary N) is 1. The molecule has 0 saturated carbocycles. The van der Waals surface area contributed by atoms with Crippen molar-refractivity contribution in [2.24, 2.45) is 0 Å². The standard InChI is InChI=1S/C10H6Br2N4O3/c11-5-1-2-7(6(12)3-5)19-10-8(16(17)18)9(13)14-4-15-10/h1-4H,(H2,13,14,15). The van der Waals surface area contributed by atoms with Crippen molar-refractivity contribution in [2.45, 2.75) is 0 Å². The van der Waals surface area contributed by atoms with Crippen LogP contribution in [-0.4, -0.2) is 14.9 Å². The molecule has 1 aromatic carbocycles. The van der Waals surface area contributed by atoms with Crippen LogP contribution in [0.25, 0.3) is 0 Å². The summed E-state index contributed by atoms with van der Waals surface area (Å²) < 4.78 is 6.85. The van der Waals surface area contributed by atoms with E-state index in [1.165, 1.54) is 0 Å². The lowest BCUT2D eigenvalue weighted by Crippen LogP contribution is -2.02. The highest BCUT2D eigenvalue weighted by atomic mass is 79.9. The van der Waals surface area contributed by atoms with Gasteiger partial charge < -0.3 is 10.5 Å². The average Bonchev–Trinajstić information content (AvgIpc) is 2.32. The topological polar surface area (TPSA) is 104 Å². The van der Waals surface area contributed by atoms with Crippen molar-refractivity contribution in [2.75, 3.05) is 5.73 Å². The smallest absolute Gasteiger partial charge is 0.372 e. The Bertz CT molecular complexity index is 651. The Morgan fingerprint density at radius 1 is 1.32 bits per heavy atom. The van der Waals surface area contributed by atoms with Crippen molar-refractivity contribution >= 4 is 43.4 Å². The van der Waals surface area contributed by atoms with Crippen molar-refractivity contribution in [3.8, 4) is 11.6 Å². The number of anilines is 1. The Balaban J connectivity index is 2.44. The number of nitro groups is 1. The molecule has 0 bridgehead atoms. The summed E-state index contributed by atoms with van der Waals surface area (Å²) in [6, 6.07) is 5.11. The van der Waals surface area contributed by atoms with E-state index in [0.717, 1.165) is 10.8 Å². The van der Waals surface area contributed by atoms with E-state index >= 15 is 0 Å². The van der Waals surface area contributed by atoms with E-state index in [1.807, 2.05) is 0 Å². The second kappa shape index (κ2) is 5.49. The van der Waals surface area contributed by atoms with E-state index in [2.05, 4.69) is 41.8 Å². The second-order valence-corrected chi connectivity index (χ2v) is 5.12. The second-order valence-electron chi connectivity index (χ2n) is 3.35. The van der Waals surface area contributed by atoms with Gasteiger partial charge in [-0.1, -0.05) is 15.9 Å². The first-order valence-electron chi connectivity index (χ1n) is 4.87. The van der Waals surface area contributed by atoms with Crippen molar-refractivity contribution in [3.05, 3.63) is 43.6 Å². The van der Waals surface area contributed by atoms with Gasteiger partial charge in [0.1, 0.15) is 12.1 Å². The van der Waals surface area contributed by atoms with E-state index in [-0.39, 0.29) is 11.7 Å². The molecule has 0 saturated heterocycles. The predicted octanol–water partition coefficient (Wildman–Crippen LogP) is 3.28. The molecule has 0 aliphatic heterocycles. The number of ether oxygens (including phenoxy) is 1. The first-order valence-corrected chi connectivity index (χ1v) is 6.45. The Labute approximate surface area is 124 Å². The van der Waals surface area contributed by atoms with Crippen molar-refractivity contribution in [3.63, 3.8) is 0 Å². The lowest BCUT2D eigenvalue weighted by molar-refractivity contribution is -0.385. The minimum atomic E-state index is -0.683. The predicted molar refractivity (Wildman–Crippen MR) is 75.0 cm³/mol. The monoisotopic (exact) mass is 388 g/mol. The molecular formula is C10H6Br2N4O3. The molecular weight excluding hydrogens is 384 g/mol. The minimum absolute atomic E-state index is 0.208. The third-order valence-corrected chi connectivity index (χ3v) is 3.21. The summed E-state index contributed by atoms with van der Waals surface area (Å²) in [4.78, 5) is 17.5. The summed E-state index contributed by atoms with van der Waals surface area (Å²) in [5, 5.41) is 10.9. The van der Waals surface area contributed by atoms with Gasteiger partial charge in [0.05, 0.1) is 9.40 Å². The molecule has 2 rings (SSSR count). The van der Waals surface area contributed by atoms with Crippen LogP contribution in [0.15, 0.2) is 33.5 Å². The van der Waals surface area contributed by atoms with Crippen LogP contribution in [-0.2, 0) is 0 Å². The Morgan fingerprint density at radius 2 is 2.05 bits per heavy atom. The number of hydrogen-bond donors (Lipinski definition) is 1. The number of nitrogens with zero attached hydrogens (tertiary/aromatic N) is 3. The molecule has 0 spiro atoms. The van der Waals surface area contributed by atoms with Crippen molar-refractivity contribution in [1.82, 2.24) is 9.97 Å². The van der Waals surface area contributed by atoms with E-state index in [1.54, 1.807) is 18.2 Å². The molecule has 0 aliphatic rings. The highest BCUT2D eigenvalue weighted by molar-refractivity contribution is 9.11. The fraction of sp³-hybridized carbons (Fsp3) is 0. The van der Waals surface area contributed by atoms with Gasteiger partial charge >= 0.3 is 11.6 Å². The first-order chi connectivity index (χ1) is 8.99. The van der Waals surface area contributed by atoms with Crippen LogP contribution in [0.5, 0.6) is 11.6 Å². The van der Waals surface area contributed by atoms with Gasteiger partial charge in [0, 0.05) is 4.47 Å². The van der Waals surface area contributed by atoms with Crippen LogP contribution in [0.4, 0.5) is 11.5 Å². The number of benzene rings is 1. The number of rotatable bonds is 3. The molecule has 1 aromatic heterocycles. The average molecular weight is 390 g/mol. The van der Waals surface area contributed by atoms with Crippen molar-refractivity contribution < 1.29 is 9.66 Å². The van der Waals surface area contributed by atoms with Crippen molar-refractivity contribution in [1.29, 1.82) is 0 Å². The fourth-order valence-corrected chi connectivity index (χ4v) is 2.41. The van der Waals surface area contributed by atoms with Gasteiger partial charge in [-0.05, 0) is 34.1 Å². The quantitative estimate of drug-likeness (QED) is 0.637. The van der Waals surface area contributed by atoms with Crippen LogP contribution in [0.2, 0.25) is 0 Å². The number of halogens is 2. The van der Waals surface area contributed by atoms with Crippen LogP contribution in [0.3, 0.4) is 0 Å². The van der Waals surface area contributed by atoms with Gasteiger partial charge in [-0.15, -0.1) is 0 Å². The number of aromatic nitrogens is 2. The zero-order chi connectivity index (χ0) is 14.0. The van der Waals surface area contributed by atoms with Gasteiger partial charge in [0.25, 0.3) is 0 Å². The van der Waals surface area contributed by atoms with Gasteiger partial charge in [-0.2, -0.15) is 4.98 Å². The summed E-state index contributed by atoms with van der Waals surface area (Å²) in [5.74, 6) is -0.0758. The molecule has 0 fully saturated rings.